The number of nitriles is 1. The van der Waals surface area contributed by atoms with Crippen molar-refractivity contribution >= 4 is 22.9 Å². The third-order valence-electron chi connectivity index (χ3n) is 2.68. The van der Waals surface area contributed by atoms with E-state index in [9.17, 15) is 9.18 Å². The van der Waals surface area contributed by atoms with E-state index < -0.39 is 5.82 Å². The van der Waals surface area contributed by atoms with Crippen LogP contribution in [0.5, 0.6) is 0 Å². The summed E-state index contributed by atoms with van der Waals surface area (Å²) in [5, 5.41) is 13.4. The molecule has 0 bridgehead atoms. The van der Waals surface area contributed by atoms with Crippen LogP contribution in [-0.4, -0.2) is 5.91 Å². The molecule has 0 fully saturated rings. The van der Waals surface area contributed by atoms with Crippen LogP contribution < -0.4 is 5.32 Å². The van der Waals surface area contributed by atoms with Crippen molar-refractivity contribution in [3.63, 3.8) is 0 Å². The minimum Gasteiger partial charge on any atom is -0.320 e. The molecular formula is C14H11FN2OS. The van der Waals surface area contributed by atoms with E-state index in [2.05, 4.69) is 5.32 Å². The maximum absolute atomic E-state index is 13.0. The molecule has 0 aliphatic heterocycles. The first kappa shape index (κ1) is 13.2. The average molecular weight is 274 g/mol. The lowest BCUT2D eigenvalue weighted by atomic mass is 10.1. The van der Waals surface area contributed by atoms with Gasteiger partial charge in [-0.2, -0.15) is 5.26 Å². The Hall–Kier alpha value is -2.19. The van der Waals surface area contributed by atoms with Gasteiger partial charge in [0.2, 0.25) is 0 Å². The molecule has 0 saturated carbocycles. The molecule has 2 aromatic rings. The first-order chi connectivity index (χ1) is 9.15. The van der Waals surface area contributed by atoms with Gasteiger partial charge in [0.25, 0.3) is 5.91 Å². The number of amides is 1. The Morgan fingerprint density at radius 1 is 1.47 bits per heavy atom. The van der Waals surface area contributed by atoms with E-state index in [0.29, 0.717) is 10.6 Å². The number of hydrogen-bond acceptors (Lipinski definition) is 3. The van der Waals surface area contributed by atoms with E-state index in [1.165, 1.54) is 23.5 Å². The zero-order valence-corrected chi connectivity index (χ0v) is 11.1. The van der Waals surface area contributed by atoms with E-state index in [4.69, 9.17) is 5.26 Å². The fraction of sp³-hybridized carbons (Fsp3) is 0.143. The normalized spacial score (nSPS) is 9.95. The van der Waals surface area contributed by atoms with E-state index in [-0.39, 0.29) is 11.5 Å². The van der Waals surface area contributed by atoms with Crippen molar-refractivity contribution in [1.82, 2.24) is 0 Å². The Morgan fingerprint density at radius 3 is 2.95 bits per heavy atom. The number of nitrogens with one attached hydrogen (secondary N) is 1. The molecule has 0 unspecified atom stereocenters. The number of halogens is 1. The van der Waals surface area contributed by atoms with Gasteiger partial charge in [-0.3, -0.25) is 4.79 Å². The highest BCUT2D eigenvalue weighted by molar-refractivity contribution is 7.12. The first-order valence-corrected chi connectivity index (χ1v) is 6.61. The molecule has 0 aliphatic rings. The van der Waals surface area contributed by atoms with Gasteiger partial charge in [0.05, 0.1) is 16.1 Å². The summed E-state index contributed by atoms with van der Waals surface area (Å²) in [5.74, 6) is -0.769. The van der Waals surface area contributed by atoms with Crippen LogP contribution in [-0.2, 0) is 6.42 Å². The molecule has 0 atom stereocenters. The largest absolute Gasteiger partial charge is 0.320 e. The zero-order valence-electron chi connectivity index (χ0n) is 10.2. The fourth-order valence-electron chi connectivity index (χ4n) is 1.71. The van der Waals surface area contributed by atoms with Crippen molar-refractivity contribution in [3.05, 3.63) is 51.5 Å². The van der Waals surface area contributed by atoms with Gasteiger partial charge >= 0.3 is 0 Å². The predicted molar refractivity (Wildman–Crippen MR) is 72.8 cm³/mol. The number of hydrogen-bond donors (Lipinski definition) is 1. The number of rotatable bonds is 3. The molecule has 3 nitrogen and oxygen atoms in total. The van der Waals surface area contributed by atoms with E-state index >= 15 is 0 Å². The lowest BCUT2D eigenvalue weighted by molar-refractivity contribution is 0.102. The number of benzene rings is 1. The van der Waals surface area contributed by atoms with Crippen LogP contribution in [0.3, 0.4) is 0 Å². The van der Waals surface area contributed by atoms with Crippen molar-refractivity contribution in [2.24, 2.45) is 0 Å². The molecule has 0 spiro atoms. The number of carbonyl (C=O) groups is 1. The summed E-state index contributed by atoms with van der Waals surface area (Å²) in [7, 11) is 0. The van der Waals surface area contributed by atoms with Crippen LogP contribution in [0.15, 0.2) is 29.6 Å². The van der Waals surface area contributed by atoms with Gasteiger partial charge in [0, 0.05) is 0 Å². The summed E-state index contributed by atoms with van der Waals surface area (Å²) in [6.45, 7) is 1.97. The van der Waals surface area contributed by atoms with Gasteiger partial charge < -0.3 is 5.32 Å². The minimum absolute atomic E-state index is 0.114. The molecule has 1 N–H and O–H groups in total. The molecule has 5 heteroatoms. The quantitative estimate of drug-likeness (QED) is 0.930. The van der Waals surface area contributed by atoms with Crippen molar-refractivity contribution in [1.29, 1.82) is 5.26 Å². The lowest BCUT2D eigenvalue weighted by Crippen LogP contribution is -2.13. The summed E-state index contributed by atoms with van der Waals surface area (Å²) >= 11 is 1.35. The lowest BCUT2D eigenvalue weighted by Gasteiger charge is -2.07. The maximum atomic E-state index is 13.0. The molecule has 19 heavy (non-hydrogen) atoms. The van der Waals surface area contributed by atoms with Crippen LogP contribution >= 0.6 is 11.3 Å². The molecule has 0 aliphatic carbocycles. The van der Waals surface area contributed by atoms with Gasteiger partial charge in [-0.25, -0.2) is 4.39 Å². The summed E-state index contributed by atoms with van der Waals surface area (Å²) in [4.78, 5) is 12.7. The molecule has 0 saturated heterocycles. The summed E-state index contributed by atoms with van der Waals surface area (Å²) in [5.41, 5.74) is 1.40. The Bertz CT molecular complexity index is 658. The first-order valence-electron chi connectivity index (χ1n) is 5.73. The summed E-state index contributed by atoms with van der Waals surface area (Å²) < 4.78 is 13.0. The second kappa shape index (κ2) is 5.63. The highest BCUT2D eigenvalue weighted by Crippen LogP contribution is 2.21. The van der Waals surface area contributed by atoms with Crippen LogP contribution in [0.1, 0.15) is 27.7 Å². The Morgan fingerprint density at radius 2 is 2.26 bits per heavy atom. The second-order valence-corrected chi connectivity index (χ2v) is 4.80. The van der Waals surface area contributed by atoms with E-state index in [1.54, 1.807) is 0 Å². The number of carbonyl (C=O) groups excluding carboxylic acids is 1. The topological polar surface area (TPSA) is 52.9 Å². The minimum atomic E-state index is -0.500. The molecule has 2 rings (SSSR count). The summed E-state index contributed by atoms with van der Waals surface area (Å²) in [6, 6.07) is 7.47. The monoisotopic (exact) mass is 274 g/mol. The molecule has 96 valence electrons. The van der Waals surface area contributed by atoms with E-state index in [1.807, 2.05) is 24.4 Å². The second-order valence-electron chi connectivity index (χ2n) is 3.88. The molecule has 1 amide bonds. The van der Waals surface area contributed by atoms with Gasteiger partial charge in [-0.15, -0.1) is 11.3 Å². The van der Waals surface area contributed by atoms with Crippen LogP contribution in [0, 0.1) is 17.1 Å². The van der Waals surface area contributed by atoms with Crippen molar-refractivity contribution < 1.29 is 9.18 Å². The Labute approximate surface area is 114 Å². The number of aryl methyl sites for hydroxylation is 1. The average Bonchev–Trinajstić information content (AvgIpc) is 2.89. The van der Waals surface area contributed by atoms with Crippen LogP contribution in [0.2, 0.25) is 0 Å². The fourth-order valence-corrected chi connectivity index (χ4v) is 2.60. The zero-order chi connectivity index (χ0) is 13.8. The standard InChI is InChI=1S/C14H11FN2OS/c1-2-9-5-6-19-13(9)14(18)17-12-4-3-11(15)7-10(12)8-16/h3-7H,2H2,1H3,(H,17,18). The molecular weight excluding hydrogens is 263 g/mol. The highest BCUT2D eigenvalue weighted by atomic mass is 32.1. The highest BCUT2D eigenvalue weighted by Gasteiger charge is 2.14. The molecule has 0 radical (unpaired) electrons. The Kier molecular flexibility index (Phi) is 3.93. The Balaban J connectivity index is 2.27. The van der Waals surface area contributed by atoms with Crippen LogP contribution in [0.25, 0.3) is 0 Å². The number of anilines is 1. The number of thiophene rings is 1. The number of nitrogens with zero attached hydrogens (tertiary/aromatic N) is 1. The van der Waals surface area contributed by atoms with Crippen molar-refractivity contribution in [2.75, 3.05) is 5.32 Å². The van der Waals surface area contributed by atoms with Gasteiger partial charge in [-0.05, 0) is 41.6 Å². The van der Waals surface area contributed by atoms with E-state index in [0.717, 1.165) is 18.1 Å². The van der Waals surface area contributed by atoms with Gasteiger partial charge in [0.15, 0.2) is 0 Å². The summed E-state index contributed by atoms with van der Waals surface area (Å²) in [6.07, 6.45) is 0.765. The van der Waals surface area contributed by atoms with Gasteiger partial charge in [-0.1, -0.05) is 6.92 Å². The third-order valence-corrected chi connectivity index (χ3v) is 3.64. The molecule has 1 aromatic carbocycles. The smallest absolute Gasteiger partial charge is 0.266 e. The SMILES string of the molecule is CCc1ccsc1C(=O)Nc1ccc(F)cc1C#N. The van der Waals surface area contributed by atoms with Crippen LogP contribution in [0.4, 0.5) is 10.1 Å². The van der Waals surface area contributed by atoms with Crippen molar-refractivity contribution in [3.8, 4) is 6.07 Å². The molecule has 1 aromatic heterocycles. The maximum Gasteiger partial charge on any atom is 0.266 e. The van der Waals surface area contributed by atoms with Gasteiger partial charge in [0.1, 0.15) is 11.9 Å². The van der Waals surface area contributed by atoms with Crippen molar-refractivity contribution in [2.45, 2.75) is 13.3 Å². The predicted octanol–water partition coefficient (Wildman–Crippen LogP) is 3.57. The molecule has 1 heterocycles. The third kappa shape index (κ3) is 2.80.